The Morgan fingerprint density at radius 3 is 2.32 bits per heavy atom. The molecule has 0 bridgehead atoms. The molecule has 7 heteroatoms. The van der Waals surface area contributed by atoms with Crippen molar-refractivity contribution in [3.8, 4) is 0 Å². The molecule has 25 heavy (non-hydrogen) atoms. The van der Waals surface area contributed by atoms with Crippen molar-refractivity contribution in [1.29, 1.82) is 0 Å². The number of Topliss-reactive ketones (excluding diaryl/α,β-unsaturated/α-hetero) is 1. The lowest BCUT2D eigenvalue weighted by molar-refractivity contribution is 0.102. The van der Waals surface area contributed by atoms with Gasteiger partial charge < -0.3 is 10.6 Å². The smallest absolute Gasteiger partial charge is 0.319 e. The molecule has 0 saturated carbocycles. The highest BCUT2D eigenvalue weighted by Gasteiger charge is 2.31. The Bertz CT molecular complexity index is 892. The van der Waals surface area contributed by atoms with Gasteiger partial charge in [0.2, 0.25) is 0 Å². The van der Waals surface area contributed by atoms with Gasteiger partial charge in [-0.1, -0.05) is 40.9 Å². The Hall–Kier alpha value is -2.01. The summed E-state index contributed by atoms with van der Waals surface area (Å²) in [7, 11) is 0. The monoisotopic (exact) mass is 394 g/mol. The zero-order valence-electron chi connectivity index (χ0n) is 13.1. The first kappa shape index (κ1) is 17.8. The van der Waals surface area contributed by atoms with E-state index in [1.165, 1.54) is 0 Å². The predicted octanol–water partition coefficient (Wildman–Crippen LogP) is 5.16. The lowest BCUT2D eigenvalue weighted by Crippen LogP contribution is -2.45. The second-order valence-corrected chi connectivity index (χ2v) is 6.83. The highest BCUT2D eigenvalue weighted by Crippen LogP contribution is 2.33. The van der Waals surface area contributed by atoms with Gasteiger partial charge in [0, 0.05) is 21.9 Å². The molecule has 0 fully saturated rings. The second-order valence-electron chi connectivity index (χ2n) is 5.58. The van der Waals surface area contributed by atoms with Crippen LogP contribution in [0.1, 0.15) is 28.9 Å². The average Bonchev–Trinajstić information content (AvgIpc) is 2.57. The van der Waals surface area contributed by atoms with Gasteiger partial charge in [-0.2, -0.15) is 0 Å². The lowest BCUT2D eigenvalue weighted by atomic mass is 9.89. The van der Waals surface area contributed by atoms with Crippen LogP contribution in [0.3, 0.4) is 0 Å². The molecular formula is C18H13Cl3N2O2. The van der Waals surface area contributed by atoms with E-state index in [9.17, 15) is 9.59 Å². The van der Waals surface area contributed by atoms with E-state index in [1.54, 1.807) is 49.4 Å². The van der Waals surface area contributed by atoms with E-state index < -0.39 is 6.04 Å². The molecule has 1 aliphatic heterocycles. The maximum Gasteiger partial charge on any atom is 0.319 e. The van der Waals surface area contributed by atoms with Crippen LogP contribution in [-0.2, 0) is 0 Å². The van der Waals surface area contributed by atoms with Crippen LogP contribution in [0.4, 0.5) is 4.79 Å². The van der Waals surface area contributed by atoms with Crippen LogP contribution in [-0.4, -0.2) is 11.8 Å². The zero-order valence-corrected chi connectivity index (χ0v) is 15.3. The fourth-order valence-electron chi connectivity index (χ4n) is 2.69. The highest BCUT2D eigenvalue weighted by atomic mass is 35.5. The Kier molecular flexibility index (Phi) is 5.04. The summed E-state index contributed by atoms with van der Waals surface area (Å²) in [4.78, 5) is 24.9. The first-order valence-electron chi connectivity index (χ1n) is 7.40. The molecule has 2 N–H and O–H groups in total. The summed E-state index contributed by atoms with van der Waals surface area (Å²) >= 11 is 17.9. The van der Waals surface area contributed by atoms with E-state index in [1.807, 2.05) is 0 Å². The summed E-state index contributed by atoms with van der Waals surface area (Å²) in [6, 6.07) is 10.6. The summed E-state index contributed by atoms with van der Waals surface area (Å²) in [5.74, 6) is -0.210. The first-order chi connectivity index (χ1) is 11.9. The molecule has 0 spiro atoms. The minimum atomic E-state index is -0.633. The number of benzene rings is 2. The van der Waals surface area contributed by atoms with Crippen LogP contribution in [0.15, 0.2) is 53.7 Å². The van der Waals surface area contributed by atoms with Crippen LogP contribution in [0.25, 0.3) is 0 Å². The normalized spacial score (nSPS) is 17.1. The molecular weight excluding hydrogens is 383 g/mol. The fraction of sp³-hybridized carbons (Fsp3) is 0.111. The second kappa shape index (κ2) is 7.08. The zero-order chi connectivity index (χ0) is 18.1. The number of carbonyl (C=O) groups is 2. The van der Waals surface area contributed by atoms with Gasteiger partial charge in [-0.3, -0.25) is 4.79 Å². The minimum Gasteiger partial charge on any atom is -0.327 e. The van der Waals surface area contributed by atoms with E-state index in [4.69, 9.17) is 34.8 Å². The third kappa shape index (κ3) is 3.66. The van der Waals surface area contributed by atoms with Gasteiger partial charge in [-0.25, -0.2) is 4.79 Å². The van der Waals surface area contributed by atoms with E-state index >= 15 is 0 Å². The van der Waals surface area contributed by atoms with Gasteiger partial charge in [0.25, 0.3) is 0 Å². The van der Waals surface area contributed by atoms with Crippen molar-refractivity contribution in [3.63, 3.8) is 0 Å². The Morgan fingerprint density at radius 1 is 1.00 bits per heavy atom. The Labute approximate surface area is 159 Å². The van der Waals surface area contributed by atoms with Gasteiger partial charge in [-0.15, -0.1) is 0 Å². The van der Waals surface area contributed by atoms with Gasteiger partial charge in [0.05, 0.1) is 16.1 Å². The number of urea groups is 1. The largest absolute Gasteiger partial charge is 0.327 e. The molecule has 128 valence electrons. The number of rotatable bonds is 3. The standard InChI is InChI=1S/C18H13Cl3N2O2/c1-9-15(17(24)10-2-5-12(19)6-3-10)16(23-18(25)22-9)11-4-7-13(20)14(21)8-11/h2-8,16H,1H3,(H2,22,23,25). The molecule has 0 aliphatic carbocycles. The molecule has 2 aromatic rings. The maximum absolute atomic E-state index is 13.0. The van der Waals surface area contributed by atoms with E-state index in [0.717, 1.165) is 0 Å². The molecule has 0 radical (unpaired) electrons. The Balaban J connectivity index is 2.07. The van der Waals surface area contributed by atoms with Crippen molar-refractivity contribution in [2.45, 2.75) is 13.0 Å². The van der Waals surface area contributed by atoms with E-state index in [2.05, 4.69) is 10.6 Å². The molecule has 1 heterocycles. The van der Waals surface area contributed by atoms with Crippen molar-refractivity contribution >= 4 is 46.6 Å². The van der Waals surface area contributed by atoms with Crippen LogP contribution >= 0.6 is 34.8 Å². The van der Waals surface area contributed by atoms with Crippen LogP contribution < -0.4 is 10.6 Å². The average molecular weight is 396 g/mol. The number of amides is 2. The number of allylic oxidation sites excluding steroid dienone is 1. The quantitative estimate of drug-likeness (QED) is 0.705. The van der Waals surface area contributed by atoms with Crippen molar-refractivity contribution in [2.75, 3.05) is 0 Å². The Morgan fingerprint density at radius 2 is 1.68 bits per heavy atom. The topological polar surface area (TPSA) is 58.2 Å². The third-order valence-corrected chi connectivity index (χ3v) is 4.89. The molecule has 3 rings (SSSR count). The van der Waals surface area contributed by atoms with Gasteiger partial charge in [0.15, 0.2) is 5.78 Å². The fourth-order valence-corrected chi connectivity index (χ4v) is 3.13. The van der Waals surface area contributed by atoms with Gasteiger partial charge in [-0.05, 0) is 48.9 Å². The molecule has 0 saturated heterocycles. The summed E-state index contributed by atoms with van der Waals surface area (Å²) in [6.45, 7) is 1.69. The van der Waals surface area contributed by atoms with E-state index in [0.29, 0.717) is 37.5 Å². The highest BCUT2D eigenvalue weighted by molar-refractivity contribution is 6.42. The first-order valence-corrected chi connectivity index (χ1v) is 8.53. The van der Waals surface area contributed by atoms with Crippen LogP contribution in [0.2, 0.25) is 15.1 Å². The number of hydrogen-bond donors (Lipinski definition) is 2. The summed E-state index contributed by atoms with van der Waals surface area (Å²) in [6.07, 6.45) is 0. The number of halogens is 3. The number of nitrogens with one attached hydrogen (secondary N) is 2. The molecule has 1 atom stereocenters. The minimum absolute atomic E-state index is 0.210. The molecule has 0 aromatic heterocycles. The van der Waals surface area contributed by atoms with Gasteiger partial charge >= 0.3 is 6.03 Å². The van der Waals surface area contributed by atoms with Crippen LogP contribution in [0.5, 0.6) is 0 Å². The number of hydrogen-bond acceptors (Lipinski definition) is 2. The summed E-state index contributed by atoms with van der Waals surface area (Å²) < 4.78 is 0. The molecule has 4 nitrogen and oxygen atoms in total. The maximum atomic E-state index is 13.0. The summed E-state index contributed by atoms with van der Waals surface area (Å²) in [5, 5.41) is 6.70. The predicted molar refractivity (Wildman–Crippen MR) is 99.4 cm³/mol. The number of ketones is 1. The summed E-state index contributed by atoms with van der Waals surface area (Å²) in [5.41, 5.74) is 2.06. The van der Waals surface area contributed by atoms with Crippen LogP contribution in [0, 0.1) is 0 Å². The van der Waals surface area contributed by atoms with Gasteiger partial charge in [0.1, 0.15) is 0 Å². The van der Waals surface area contributed by atoms with Crippen molar-refractivity contribution in [3.05, 3.63) is 79.9 Å². The SMILES string of the molecule is CC1=C(C(=O)c2ccc(Cl)cc2)C(c2ccc(Cl)c(Cl)c2)NC(=O)N1. The lowest BCUT2D eigenvalue weighted by Gasteiger charge is -2.29. The molecule has 2 amide bonds. The number of carbonyl (C=O) groups excluding carboxylic acids is 2. The van der Waals surface area contributed by atoms with E-state index in [-0.39, 0.29) is 11.8 Å². The third-order valence-electron chi connectivity index (χ3n) is 3.90. The molecule has 1 unspecified atom stereocenters. The van der Waals surface area contributed by atoms with Crippen molar-refractivity contribution < 1.29 is 9.59 Å². The molecule has 2 aromatic carbocycles. The molecule has 1 aliphatic rings. The van der Waals surface area contributed by atoms with Crippen molar-refractivity contribution in [2.24, 2.45) is 0 Å². The van der Waals surface area contributed by atoms with Crippen molar-refractivity contribution in [1.82, 2.24) is 10.6 Å².